The third-order valence-corrected chi connectivity index (χ3v) is 2.45. The highest BCUT2D eigenvalue weighted by Crippen LogP contribution is 2.24. The van der Waals surface area contributed by atoms with Crippen LogP contribution in [0.3, 0.4) is 0 Å². The zero-order valence-corrected chi connectivity index (χ0v) is 11.4. The lowest BCUT2D eigenvalue weighted by Gasteiger charge is -2.20. The summed E-state index contributed by atoms with van der Waals surface area (Å²) in [7, 11) is 0. The third-order valence-electron chi connectivity index (χ3n) is 2.45. The zero-order valence-electron chi connectivity index (χ0n) is 11.4. The average Bonchev–Trinajstić information content (AvgIpc) is 2.24. The van der Waals surface area contributed by atoms with Crippen LogP contribution in [0, 0.1) is 17.0 Å². The number of anilines is 1. The first-order valence-electron chi connectivity index (χ1n) is 6.03. The summed E-state index contributed by atoms with van der Waals surface area (Å²) in [5.74, 6) is 0. The Hall–Kier alpha value is -1.62. The highest BCUT2D eigenvalue weighted by atomic mass is 16.6. The molecule has 0 atom stereocenters. The van der Waals surface area contributed by atoms with E-state index in [-0.39, 0.29) is 16.1 Å². The van der Waals surface area contributed by atoms with E-state index in [4.69, 9.17) is 0 Å². The molecule has 1 rings (SSSR count). The van der Waals surface area contributed by atoms with Gasteiger partial charge in [-0.15, -0.1) is 0 Å². The monoisotopic (exact) mass is 251 g/mol. The van der Waals surface area contributed by atoms with E-state index in [1.807, 2.05) is 13.0 Å². The molecule has 1 aromatic rings. The molecule has 18 heavy (non-hydrogen) atoms. The zero-order chi connectivity index (χ0) is 13.8. The van der Waals surface area contributed by atoms with Gasteiger partial charge in [-0.25, -0.2) is 0 Å². The second kappa shape index (κ2) is 5.82. The normalized spacial score (nSPS) is 11.3. The molecular formula is C13H21N3O2. The molecule has 1 aromatic carbocycles. The number of hydrogen-bond acceptors (Lipinski definition) is 4. The van der Waals surface area contributed by atoms with Crippen molar-refractivity contribution in [2.45, 2.75) is 33.2 Å². The lowest BCUT2D eigenvalue weighted by Crippen LogP contribution is -2.38. The molecule has 0 fully saturated rings. The Kier molecular flexibility index (Phi) is 4.67. The molecule has 0 radical (unpaired) electrons. The smallest absolute Gasteiger partial charge is 0.292 e. The third kappa shape index (κ3) is 4.71. The van der Waals surface area contributed by atoms with Crippen molar-refractivity contribution in [3.63, 3.8) is 0 Å². The molecule has 0 heterocycles. The van der Waals surface area contributed by atoms with Gasteiger partial charge < -0.3 is 10.6 Å². The van der Waals surface area contributed by atoms with E-state index < -0.39 is 0 Å². The number of benzene rings is 1. The second-order valence-corrected chi connectivity index (χ2v) is 5.38. The van der Waals surface area contributed by atoms with Gasteiger partial charge in [-0.05, 0) is 39.3 Å². The molecule has 0 saturated carbocycles. The molecule has 5 nitrogen and oxygen atoms in total. The van der Waals surface area contributed by atoms with Gasteiger partial charge in [-0.1, -0.05) is 6.07 Å². The largest absolute Gasteiger partial charge is 0.378 e. The average molecular weight is 251 g/mol. The Bertz CT molecular complexity index is 425. The number of rotatable bonds is 5. The summed E-state index contributed by atoms with van der Waals surface area (Å²) in [6.07, 6.45) is 0. The molecule has 100 valence electrons. The lowest BCUT2D eigenvalue weighted by molar-refractivity contribution is -0.384. The molecule has 0 amide bonds. The van der Waals surface area contributed by atoms with Crippen molar-refractivity contribution >= 4 is 11.4 Å². The highest BCUT2D eigenvalue weighted by Gasteiger charge is 2.13. The fourth-order valence-electron chi connectivity index (χ4n) is 1.58. The minimum atomic E-state index is -0.355. The van der Waals surface area contributed by atoms with Gasteiger partial charge in [0, 0.05) is 24.7 Å². The van der Waals surface area contributed by atoms with Crippen LogP contribution < -0.4 is 10.6 Å². The van der Waals surface area contributed by atoms with Crippen LogP contribution in [-0.4, -0.2) is 23.6 Å². The Labute approximate surface area is 108 Å². The van der Waals surface area contributed by atoms with Crippen LogP contribution in [0.5, 0.6) is 0 Å². The fraction of sp³-hybridized carbons (Fsp3) is 0.538. The van der Waals surface area contributed by atoms with Crippen molar-refractivity contribution in [2.24, 2.45) is 0 Å². The van der Waals surface area contributed by atoms with Crippen molar-refractivity contribution in [3.05, 3.63) is 33.9 Å². The summed E-state index contributed by atoms with van der Waals surface area (Å²) in [6.45, 7) is 9.51. The van der Waals surface area contributed by atoms with Gasteiger partial charge in [0.05, 0.1) is 4.92 Å². The van der Waals surface area contributed by atoms with Gasteiger partial charge >= 0.3 is 0 Å². The predicted molar refractivity (Wildman–Crippen MR) is 74.1 cm³/mol. The van der Waals surface area contributed by atoms with Crippen LogP contribution in [-0.2, 0) is 0 Å². The van der Waals surface area contributed by atoms with Gasteiger partial charge in [0.2, 0.25) is 0 Å². The van der Waals surface area contributed by atoms with Crippen molar-refractivity contribution in [3.8, 4) is 0 Å². The molecular weight excluding hydrogens is 230 g/mol. The number of nitro groups is 1. The molecule has 0 aliphatic heterocycles. The van der Waals surface area contributed by atoms with E-state index in [2.05, 4.69) is 31.4 Å². The lowest BCUT2D eigenvalue weighted by atomic mass is 10.1. The summed E-state index contributed by atoms with van der Waals surface area (Å²) in [6, 6.07) is 5.20. The van der Waals surface area contributed by atoms with Gasteiger partial charge in [-0.3, -0.25) is 10.1 Å². The first-order chi connectivity index (χ1) is 8.29. The number of nitro benzene ring substituents is 1. The molecule has 5 heteroatoms. The second-order valence-electron chi connectivity index (χ2n) is 5.38. The molecule has 0 aromatic heterocycles. The first-order valence-corrected chi connectivity index (χ1v) is 6.03. The Morgan fingerprint density at radius 3 is 2.50 bits per heavy atom. The summed E-state index contributed by atoms with van der Waals surface area (Å²) in [4.78, 5) is 10.6. The number of hydrogen-bond donors (Lipinski definition) is 2. The van der Waals surface area contributed by atoms with Crippen molar-refractivity contribution in [1.29, 1.82) is 0 Å². The SMILES string of the molecule is Cc1ccc(NCCNC(C)(C)C)c([N+](=O)[O-])c1. The molecule has 0 saturated heterocycles. The maximum absolute atomic E-state index is 10.9. The van der Waals surface area contributed by atoms with Crippen molar-refractivity contribution in [2.75, 3.05) is 18.4 Å². The Morgan fingerprint density at radius 2 is 1.94 bits per heavy atom. The first kappa shape index (κ1) is 14.4. The summed E-state index contributed by atoms with van der Waals surface area (Å²) < 4.78 is 0. The highest BCUT2D eigenvalue weighted by molar-refractivity contribution is 5.62. The summed E-state index contributed by atoms with van der Waals surface area (Å²) >= 11 is 0. The maximum atomic E-state index is 10.9. The minimum Gasteiger partial charge on any atom is -0.378 e. The maximum Gasteiger partial charge on any atom is 0.292 e. The van der Waals surface area contributed by atoms with E-state index in [0.29, 0.717) is 12.2 Å². The van der Waals surface area contributed by atoms with Crippen LogP contribution in [0.25, 0.3) is 0 Å². The molecule has 0 aliphatic rings. The van der Waals surface area contributed by atoms with Crippen LogP contribution in [0.4, 0.5) is 11.4 Å². The summed E-state index contributed by atoms with van der Waals surface area (Å²) in [5.41, 5.74) is 1.65. The quantitative estimate of drug-likeness (QED) is 0.479. The van der Waals surface area contributed by atoms with E-state index in [9.17, 15) is 10.1 Å². The van der Waals surface area contributed by atoms with Crippen LogP contribution >= 0.6 is 0 Å². The Morgan fingerprint density at radius 1 is 1.28 bits per heavy atom. The topological polar surface area (TPSA) is 67.2 Å². The van der Waals surface area contributed by atoms with Crippen molar-refractivity contribution < 1.29 is 4.92 Å². The van der Waals surface area contributed by atoms with E-state index in [1.54, 1.807) is 12.1 Å². The van der Waals surface area contributed by atoms with Crippen LogP contribution in [0.15, 0.2) is 18.2 Å². The van der Waals surface area contributed by atoms with Crippen LogP contribution in [0.1, 0.15) is 26.3 Å². The predicted octanol–water partition coefficient (Wildman–Crippen LogP) is 2.70. The molecule has 2 N–H and O–H groups in total. The van der Waals surface area contributed by atoms with Crippen LogP contribution in [0.2, 0.25) is 0 Å². The van der Waals surface area contributed by atoms with E-state index in [0.717, 1.165) is 12.1 Å². The van der Waals surface area contributed by atoms with E-state index >= 15 is 0 Å². The Balaban J connectivity index is 2.59. The standard InChI is InChI=1S/C13H21N3O2/c1-10-5-6-11(12(9-10)16(17)18)14-7-8-15-13(2,3)4/h5-6,9,14-15H,7-8H2,1-4H3. The van der Waals surface area contributed by atoms with Gasteiger partial charge in [0.15, 0.2) is 0 Å². The molecule has 0 aliphatic carbocycles. The number of nitrogens with zero attached hydrogens (tertiary/aromatic N) is 1. The number of aryl methyl sites for hydroxylation is 1. The van der Waals surface area contributed by atoms with Gasteiger partial charge in [0.25, 0.3) is 5.69 Å². The van der Waals surface area contributed by atoms with Gasteiger partial charge in [-0.2, -0.15) is 0 Å². The van der Waals surface area contributed by atoms with Gasteiger partial charge in [0.1, 0.15) is 5.69 Å². The molecule has 0 bridgehead atoms. The molecule has 0 spiro atoms. The number of nitrogens with one attached hydrogen (secondary N) is 2. The van der Waals surface area contributed by atoms with E-state index in [1.165, 1.54) is 0 Å². The van der Waals surface area contributed by atoms with Crippen molar-refractivity contribution in [1.82, 2.24) is 5.32 Å². The fourth-order valence-corrected chi connectivity index (χ4v) is 1.58. The minimum absolute atomic E-state index is 0.0564. The molecule has 0 unspecified atom stereocenters. The summed E-state index contributed by atoms with van der Waals surface area (Å²) in [5, 5.41) is 17.3.